The second kappa shape index (κ2) is 1.61. The van der Waals surface area contributed by atoms with Crippen LogP contribution in [-0.2, 0) is 0 Å². The minimum Gasteiger partial charge on any atom is -0.0799 e. The van der Waals surface area contributed by atoms with Gasteiger partial charge in [0.1, 0.15) is 0 Å². The Bertz CT molecular complexity index is 106. The molecule has 1 aliphatic rings. The summed E-state index contributed by atoms with van der Waals surface area (Å²) in [6.45, 7) is 6.74. The van der Waals surface area contributed by atoms with E-state index in [1.54, 1.807) is 5.57 Å². The van der Waals surface area contributed by atoms with Crippen molar-refractivity contribution in [3.8, 4) is 0 Å². The molecule has 1 saturated carbocycles. The summed E-state index contributed by atoms with van der Waals surface area (Å²) in [6.07, 6.45) is 5.10. The Morgan fingerprint density at radius 2 is 1.75 bits per heavy atom. The maximum atomic E-state index is 2.38. The second-order valence-corrected chi connectivity index (χ2v) is 3.67. The van der Waals surface area contributed by atoms with Crippen molar-refractivity contribution in [1.29, 1.82) is 0 Å². The van der Waals surface area contributed by atoms with E-state index in [1.807, 2.05) is 0 Å². The molecular formula is C8H14. The quantitative estimate of drug-likeness (QED) is 0.420. The molecule has 0 amide bonds. The predicted molar refractivity (Wildman–Crippen MR) is 36.8 cm³/mol. The van der Waals surface area contributed by atoms with Crippen molar-refractivity contribution in [1.82, 2.24) is 0 Å². The fourth-order valence-corrected chi connectivity index (χ4v) is 0.829. The summed E-state index contributed by atoms with van der Waals surface area (Å²) in [5.74, 6) is 0. The average Bonchev–Trinajstić information content (AvgIpc) is 2.12. The molecule has 1 fully saturated rings. The molecular weight excluding hydrogens is 96.1 g/mol. The maximum absolute atomic E-state index is 2.38. The van der Waals surface area contributed by atoms with Crippen LogP contribution in [0.1, 0.15) is 33.6 Å². The SMILES string of the molecule is CC(C)(C)C=C1CC1. The number of hydrogen-bond donors (Lipinski definition) is 0. The van der Waals surface area contributed by atoms with Crippen molar-refractivity contribution in [2.24, 2.45) is 5.41 Å². The molecule has 1 rings (SSSR count). The first-order chi connectivity index (χ1) is 3.58. The van der Waals surface area contributed by atoms with Crippen molar-refractivity contribution < 1.29 is 0 Å². The van der Waals surface area contributed by atoms with Gasteiger partial charge in [0.15, 0.2) is 0 Å². The van der Waals surface area contributed by atoms with Crippen molar-refractivity contribution in [3.05, 3.63) is 11.6 Å². The van der Waals surface area contributed by atoms with Crippen LogP contribution < -0.4 is 0 Å². The van der Waals surface area contributed by atoms with Gasteiger partial charge in [0, 0.05) is 0 Å². The monoisotopic (exact) mass is 110 g/mol. The van der Waals surface area contributed by atoms with E-state index in [-0.39, 0.29) is 0 Å². The molecule has 0 spiro atoms. The van der Waals surface area contributed by atoms with E-state index in [9.17, 15) is 0 Å². The topological polar surface area (TPSA) is 0 Å². The molecule has 1 aliphatic carbocycles. The summed E-state index contributed by atoms with van der Waals surface area (Å²) >= 11 is 0. The molecule has 8 heavy (non-hydrogen) atoms. The van der Waals surface area contributed by atoms with Gasteiger partial charge in [-0.05, 0) is 18.3 Å². The molecule has 0 aliphatic heterocycles. The highest BCUT2D eigenvalue weighted by Gasteiger charge is 2.15. The number of rotatable bonds is 0. The van der Waals surface area contributed by atoms with Crippen LogP contribution in [0.3, 0.4) is 0 Å². The Kier molecular flexibility index (Phi) is 1.18. The molecule has 0 heteroatoms. The largest absolute Gasteiger partial charge is 0.0799 e. The van der Waals surface area contributed by atoms with Gasteiger partial charge < -0.3 is 0 Å². The number of allylic oxidation sites excluding steroid dienone is 2. The fraction of sp³-hybridized carbons (Fsp3) is 0.750. The van der Waals surface area contributed by atoms with Gasteiger partial charge in [-0.1, -0.05) is 32.4 Å². The lowest BCUT2D eigenvalue weighted by atomic mass is 9.96. The highest BCUT2D eigenvalue weighted by Crippen LogP contribution is 2.32. The van der Waals surface area contributed by atoms with Crippen LogP contribution in [-0.4, -0.2) is 0 Å². The van der Waals surface area contributed by atoms with Crippen molar-refractivity contribution >= 4 is 0 Å². The average molecular weight is 110 g/mol. The van der Waals surface area contributed by atoms with Crippen LogP contribution in [0.2, 0.25) is 0 Å². The summed E-state index contributed by atoms with van der Waals surface area (Å²) in [7, 11) is 0. The Morgan fingerprint density at radius 3 is 1.88 bits per heavy atom. The van der Waals surface area contributed by atoms with E-state index in [1.165, 1.54) is 12.8 Å². The molecule has 0 heterocycles. The second-order valence-electron chi connectivity index (χ2n) is 3.67. The van der Waals surface area contributed by atoms with Crippen LogP contribution in [0, 0.1) is 5.41 Å². The van der Waals surface area contributed by atoms with E-state index in [0.29, 0.717) is 5.41 Å². The Labute approximate surface area is 51.6 Å². The molecule has 0 aromatic heterocycles. The zero-order chi connectivity index (χ0) is 6.20. The van der Waals surface area contributed by atoms with Crippen molar-refractivity contribution in [2.45, 2.75) is 33.6 Å². The maximum Gasteiger partial charge on any atom is -0.0200 e. The lowest BCUT2D eigenvalue weighted by Gasteiger charge is -2.09. The minimum atomic E-state index is 0.422. The summed E-state index contributed by atoms with van der Waals surface area (Å²) in [6, 6.07) is 0. The van der Waals surface area contributed by atoms with Crippen molar-refractivity contribution in [2.75, 3.05) is 0 Å². The van der Waals surface area contributed by atoms with Crippen LogP contribution >= 0.6 is 0 Å². The molecule has 0 unspecified atom stereocenters. The van der Waals surface area contributed by atoms with E-state index in [2.05, 4.69) is 26.8 Å². The predicted octanol–water partition coefficient (Wildman–Crippen LogP) is 2.75. The highest BCUT2D eigenvalue weighted by atomic mass is 14.2. The van der Waals surface area contributed by atoms with E-state index >= 15 is 0 Å². The normalized spacial score (nSPS) is 18.6. The van der Waals surface area contributed by atoms with Gasteiger partial charge in [0.25, 0.3) is 0 Å². The van der Waals surface area contributed by atoms with Gasteiger partial charge in [0.2, 0.25) is 0 Å². The summed E-state index contributed by atoms with van der Waals surface area (Å²) in [4.78, 5) is 0. The zero-order valence-electron chi connectivity index (χ0n) is 5.99. The van der Waals surface area contributed by atoms with Gasteiger partial charge in [-0.25, -0.2) is 0 Å². The molecule has 46 valence electrons. The van der Waals surface area contributed by atoms with Crippen molar-refractivity contribution in [3.63, 3.8) is 0 Å². The fourth-order valence-electron chi connectivity index (χ4n) is 0.829. The Balaban J connectivity index is 2.48. The van der Waals surface area contributed by atoms with Gasteiger partial charge in [-0.2, -0.15) is 0 Å². The van der Waals surface area contributed by atoms with Gasteiger partial charge >= 0.3 is 0 Å². The minimum absolute atomic E-state index is 0.422. The van der Waals surface area contributed by atoms with E-state index < -0.39 is 0 Å². The third-order valence-corrected chi connectivity index (χ3v) is 1.18. The van der Waals surface area contributed by atoms with Crippen LogP contribution in [0.5, 0.6) is 0 Å². The Morgan fingerprint density at radius 1 is 1.25 bits per heavy atom. The molecule has 0 nitrogen and oxygen atoms in total. The van der Waals surface area contributed by atoms with Gasteiger partial charge in [0.05, 0.1) is 0 Å². The zero-order valence-corrected chi connectivity index (χ0v) is 5.99. The highest BCUT2D eigenvalue weighted by molar-refractivity contribution is 5.18. The Hall–Kier alpha value is -0.260. The summed E-state index contributed by atoms with van der Waals surface area (Å²) in [5, 5.41) is 0. The summed E-state index contributed by atoms with van der Waals surface area (Å²) < 4.78 is 0. The molecule has 0 radical (unpaired) electrons. The molecule has 0 bridgehead atoms. The lowest BCUT2D eigenvalue weighted by molar-refractivity contribution is 0.542. The molecule has 0 saturated heterocycles. The van der Waals surface area contributed by atoms with Gasteiger partial charge in [-0.3, -0.25) is 0 Å². The molecule has 0 N–H and O–H groups in total. The molecule has 0 atom stereocenters. The third kappa shape index (κ3) is 2.15. The van der Waals surface area contributed by atoms with Crippen LogP contribution in [0.25, 0.3) is 0 Å². The van der Waals surface area contributed by atoms with Crippen LogP contribution in [0.15, 0.2) is 11.6 Å². The molecule has 0 aromatic carbocycles. The summed E-state index contributed by atoms with van der Waals surface area (Å²) in [5.41, 5.74) is 2.07. The number of hydrogen-bond acceptors (Lipinski definition) is 0. The third-order valence-electron chi connectivity index (χ3n) is 1.18. The van der Waals surface area contributed by atoms with E-state index in [0.717, 1.165) is 0 Å². The smallest absolute Gasteiger partial charge is 0.0200 e. The lowest BCUT2D eigenvalue weighted by Crippen LogP contribution is -1.97. The van der Waals surface area contributed by atoms with Crippen LogP contribution in [0.4, 0.5) is 0 Å². The standard InChI is InChI=1S/C8H14/c1-8(2,3)6-7-4-5-7/h6H,4-5H2,1-3H3. The molecule has 0 aromatic rings. The van der Waals surface area contributed by atoms with Gasteiger partial charge in [-0.15, -0.1) is 0 Å². The first-order valence-electron chi connectivity index (χ1n) is 3.28. The van der Waals surface area contributed by atoms with E-state index in [4.69, 9.17) is 0 Å². The first kappa shape index (κ1) is 5.87. The first-order valence-corrected chi connectivity index (χ1v) is 3.28.